The molecule has 0 atom stereocenters. The molecule has 0 aromatic heterocycles. The van der Waals surface area contributed by atoms with Crippen LogP contribution in [0.5, 0.6) is 11.5 Å². The van der Waals surface area contributed by atoms with Crippen LogP contribution in [-0.2, 0) is 11.3 Å². The maximum absolute atomic E-state index is 11.6. The lowest BCUT2D eigenvalue weighted by atomic mass is 9.92. The molecule has 0 aliphatic heterocycles. The first-order valence-electron chi connectivity index (χ1n) is 6.19. The van der Waals surface area contributed by atoms with Crippen molar-refractivity contribution in [2.75, 3.05) is 20.7 Å². The molecule has 5 heteroatoms. The Hall–Kier alpha value is -1.75. The quantitative estimate of drug-likeness (QED) is 0.725. The Morgan fingerprint density at radius 2 is 2.11 bits per heavy atom. The van der Waals surface area contributed by atoms with Gasteiger partial charge in [0.05, 0.1) is 12.5 Å². The number of hydrogen-bond donors (Lipinski definition) is 3. The van der Waals surface area contributed by atoms with Crippen LogP contribution in [0.3, 0.4) is 0 Å². The molecule has 0 heterocycles. The third-order valence-electron chi connectivity index (χ3n) is 2.98. The van der Waals surface area contributed by atoms with Gasteiger partial charge in [-0.05, 0) is 31.5 Å². The van der Waals surface area contributed by atoms with Crippen LogP contribution in [0.25, 0.3) is 0 Å². The summed E-state index contributed by atoms with van der Waals surface area (Å²) >= 11 is 0. The highest BCUT2D eigenvalue weighted by molar-refractivity contribution is 5.81. The van der Waals surface area contributed by atoms with Crippen LogP contribution in [0.4, 0.5) is 0 Å². The molecular formula is C14H22N2O3. The van der Waals surface area contributed by atoms with Crippen LogP contribution < -0.4 is 15.4 Å². The van der Waals surface area contributed by atoms with Crippen molar-refractivity contribution in [3.63, 3.8) is 0 Å². The minimum Gasteiger partial charge on any atom is -0.504 e. The summed E-state index contributed by atoms with van der Waals surface area (Å²) in [7, 11) is 3.15. The standard InChI is InChI=1S/C14H22N2O3/c1-14(2,13(18)15-3)9-16-8-10-5-6-11(17)12(7-10)19-4/h5-7,16-17H,8-9H2,1-4H3,(H,15,18). The van der Waals surface area contributed by atoms with Gasteiger partial charge >= 0.3 is 0 Å². The monoisotopic (exact) mass is 266 g/mol. The van der Waals surface area contributed by atoms with Gasteiger partial charge in [0.2, 0.25) is 5.91 Å². The average Bonchev–Trinajstić information content (AvgIpc) is 2.39. The van der Waals surface area contributed by atoms with Crippen molar-refractivity contribution in [1.82, 2.24) is 10.6 Å². The highest BCUT2D eigenvalue weighted by atomic mass is 16.5. The Labute approximate surface area is 114 Å². The Balaban J connectivity index is 2.56. The van der Waals surface area contributed by atoms with E-state index in [1.165, 1.54) is 7.11 Å². The Morgan fingerprint density at radius 3 is 2.68 bits per heavy atom. The number of phenolic OH excluding ortho intramolecular Hbond substituents is 1. The number of carbonyl (C=O) groups excluding carboxylic acids is 1. The van der Waals surface area contributed by atoms with E-state index >= 15 is 0 Å². The molecule has 0 aliphatic carbocycles. The molecule has 0 radical (unpaired) electrons. The van der Waals surface area contributed by atoms with E-state index in [2.05, 4.69) is 10.6 Å². The van der Waals surface area contributed by atoms with Gasteiger partial charge in [0, 0.05) is 20.1 Å². The molecule has 3 N–H and O–H groups in total. The molecule has 0 fully saturated rings. The van der Waals surface area contributed by atoms with Gasteiger partial charge < -0.3 is 20.5 Å². The van der Waals surface area contributed by atoms with Gasteiger partial charge in [-0.25, -0.2) is 0 Å². The first-order chi connectivity index (χ1) is 8.90. The second-order valence-electron chi connectivity index (χ2n) is 5.07. The maximum Gasteiger partial charge on any atom is 0.226 e. The van der Waals surface area contributed by atoms with E-state index in [9.17, 15) is 9.90 Å². The first-order valence-corrected chi connectivity index (χ1v) is 6.19. The molecule has 1 rings (SSSR count). The third-order valence-corrected chi connectivity index (χ3v) is 2.98. The SMILES string of the molecule is CNC(=O)C(C)(C)CNCc1ccc(O)c(OC)c1. The first kappa shape index (κ1) is 15.3. The second-order valence-corrected chi connectivity index (χ2v) is 5.07. The number of hydrogen-bond acceptors (Lipinski definition) is 4. The van der Waals surface area contributed by atoms with Gasteiger partial charge in [0.15, 0.2) is 11.5 Å². The molecule has 0 saturated carbocycles. The topological polar surface area (TPSA) is 70.6 Å². The number of phenols is 1. The molecular weight excluding hydrogens is 244 g/mol. The summed E-state index contributed by atoms with van der Waals surface area (Å²) in [6.07, 6.45) is 0. The van der Waals surface area contributed by atoms with Crippen molar-refractivity contribution < 1.29 is 14.6 Å². The molecule has 1 aromatic rings. The number of aromatic hydroxyl groups is 1. The smallest absolute Gasteiger partial charge is 0.226 e. The van der Waals surface area contributed by atoms with Crippen LogP contribution in [0.2, 0.25) is 0 Å². The number of benzene rings is 1. The zero-order valence-corrected chi connectivity index (χ0v) is 11.9. The van der Waals surface area contributed by atoms with Crippen molar-refractivity contribution in [3.8, 4) is 11.5 Å². The molecule has 106 valence electrons. The van der Waals surface area contributed by atoms with E-state index in [4.69, 9.17) is 4.74 Å². The summed E-state index contributed by atoms with van der Waals surface area (Å²) < 4.78 is 5.05. The largest absolute Gasteiger partial charge is 0.504 e. The summed E-state index contributed by atoms with van der Waals surface area (Å²) in [5.74, 6) is 0.574. The predicted octanol–water partition coefficient (Wildman–Crippen LogP) is 1.26. The summed E-state index contributed by atoms with van der Waals surface area (Å²) in [5.41, 5.74) is 0.526. The summed E-state index contributed by atoms with van der Waals surface area (Å²) in [6.45, 7) is 4.94. The van der Waals surface area contributed by atoms with Gasteiger partial charge in [-0.2, -0.15) is 0 Å². The van der Waals surface area contributed by atoms with Gasteiger partial charge in [-0.15, -0.1) is 0 Å². The normalized spacial score (nSPS) is 11.2. The van der Waals surface area contributed by atoms with E-state index < -0.39 is 5.41 Å². The lowest BCUT2D eigenvalue weighted by Crippen LogP contribution is -2.41. The number of methoxy groups -OCH3 is 1. The summed E-state index contributed by atoms with van der Waals surface area (Å²) in [4.78, 5) is 11.6. The van der Waals surface area contributed by atoms with Crippen LogP contribution >= 0.6 is 0 Å². The Kier molecular flexibility index (Phi) is 5.18. The van der Waals surface area contributed by atoms with Crippen molar-refractivity contribution >= 4 is 5.91 Å². The minimum atomic E-state index is -0.463. The number of carbonyl (C=O) groups is 1. The summed E-state index contributed by atoms with van der Waals surface area (Å²) in [5, 5.41) is 15.4. The van der Waals surface area contributed by atoms with Crippen LogP contribution in [0.15, 0.2) is 18.2 Å². The molecule has 0 aliphatic rings. The highest BCUT2D eigenvalue weighted by Crippen LogP contribution is 2.26. The lowest BCUT2D eigenvalue weighted by Gasteiger charge is -2.23. The number of rotatable bonds is 6. The van der Waals surface area contributed by atoms with Gasteiger partial charge in [0.25, 0.3) is 0 Å². The van der Waals surface area contributed by atoms with E-state index in [0.717, 1.165) is 5.56 Å². The molecule has 0 bridgehead atoms. The van der Waals surface area contributed by atoms with Crippen LogP contribution in [-0.4, -0.2) is 31.7 Å². The van der Waals surface area contributed by atoms with Crippen molar-refractivity contribution in [2.45, 2.75) is 20.4 Å². The molecule has 1 amide bonds. The molecule has 19 heavy (non-hydrogen) atoms. The second kappa shape index (κ2) is 6.43. The molecule has 0 saturated heterocycles. The fourth-order valence-corrected chi connectivity index (χ4v) is 1.77. The van der Waals surface area contributed by atoms with Crippen molar-refractivity contribution in [3.05, 3.63) is 23.8 Å². The Morgan fingerprint density at radius 1 is 1.42 bits per heavy atom. The highest BCUT2D eigenvalue weighted by Gasteiger charge is 2.25. The average molecular weight is 266 g/mol. The van der Waals surface area contributed by atoms with Crippen molar-refractivity contribution in [1.29, 1.82) is 0 Å². The van der Waals surface area contributed by atoms with E-state index in [1.54, 1.807) is 19.2 Å². The molecule has 0 spiro atoms. The zero-order valence-electron chi connectivity index (χ0n) is 11.9. The van der Waals surface area contributed by atoms with Gasteiger partial charge in [-0.1, -0.05) is 6.07 Å². The number of nitrogens with one attached hydrogen (secondary N) is 2. The minimum absolute atomic E-state index is 0.00304. The van der Waals surface area contributed by atoms with E-state index in [-0.39, 0.29) is 11.7 Å². The van der Waals surface area contributed by atoms with Crippen LogP contribution in [0, 0.1) is 5.41 Å². The number of ether oxygens (including phenoxy) is 1. The third kappa shape index (κ3) is 4.13. The molecule has 5 nitrogen and oxygen atoms in total. The van der Waals surface area contributed by atoms with E-state index in [0.29, 0.717) is 18.8 Å². The molecule has 1 aromatic carbocycles. The lowest BCUT2D eigenvalue weighted by molar-refractivity contribution is -0.128. The van der Waals surface area contributed by atoms with E-state index in [1.807, 2.05) is 19.9 Å². The van der Waals surface area contributed by atoms with Crippen LogP contribution in [0.1, 0.15) is 19.4 Å². The maximum atomic E-state index is 11.6. The Bertz CT molecular complexity index is 444. The van der Waals surface area contributed by atoms with Gasteiger partial charge in [-0.3, -0.25) is 4.79 Å². The zero-order chi connectivity index (χ0) is 14.5. The summed E-state index contributed by atoms with van der Waals surface area (Å²) in [6, 6.07) is 5.19. The van der Waals surface area contributed by atoms with Gasteiger partial charge in [0.1, 0.15) is 0 Å². The fraction of sp³-hybridized carbons (Fsp3) is 0.500. The van der Waals surface area contributed by atoms with Crippen molar-refractivity contribution in [2.24, 2.45) is 5.41 Å². The number of amides is 1. The fourth-order valence-electron chi connectivity index (χ4n) is 1.77. The molecule has 0 unspecified atom stereocenters. The predicted molar refractivity (Wildman–Crippen MR) is 74.2 cm³/mol.